The van der Waals surface area contributed by atoms with Crippen molar-refractivity contribution in [2.45, 2.75) is 19.3 Å². The number of hydrogen-bond acceptors (Lipinski definition) is 5. The van der Waals surface area contributed by atoms with Gasteiger partial charge in [0, 0.05) is 25.2 Å². The molecular weight excluding hydrogens is 332 g/mol. The van der Waals surface area contributed by atoms with Crippen molar-refractivity contribution in [3.63, 3.8) is 0 Å². The summed E-state index contributed by atoms with van der Waals surface area (Å²) in [7, 11) is 3.12. The van der Waals surface area contributed by atoms with Gasteiger partial charge in [-0.1, -0.05) is 29.8 Å². The monoisotopic (exact) mass is 356 g/mol. The van der Waals surface area contributed by atoms with Gasteiger partial charge in [-0.25, -0.2) is 0 Å². The van der Waals surface area contributed by atoms with Crippen molar-refractivity contribution in [3.8, 4) is 0 Å². The first-order valence-corrected chi connectivity index (χ1v) is 8.42. The second kappa shape index (κ2) is 9.49. The lowest BCUT2D eigenvalue weighted by Gasteiger charge is -2.27. The van der Waals surface area contributed by atoms with E-state index in [1.54, 1.807) is 14.2 Å². The van der Waals surface area contributed by atoms with Crippen LogP contribution in [-0.2, 0) is 30.2 Å². The Balaban J connectivity index is 2.05. The van der Waals surface area contributed by atoms with Crippen LogP contribution in [0.4, 0.5) is 0 Å². The zero-order chi connectivity index (χ0) is 17.4. The van der Waals surface area contributed by atoms with Gasteiger partial charge in [0.1, 0.15) is 19.4 Å². The minimum atomic E-state index is -0.636. The summed E-state index contributed by atoms with van der Waals surface area (Å²) in [6, 6.07) is 7.66. The van der Waals surface area contributed by atoms with Gasteiger partial charge in [0.2, 0.25) is 0 Å². The normalized spacial score (nSPS) is 19.8. The summed E-state index contributed by atoms with van der Waals surface area (Å²) >= 11 is 6.23. The molecule has 1 aromatic rings. The van der Waals surface area contributed by atoms with Gasteiger partial charge < -0.3 is 18.9 Å². The number of halogens is 1. The van der Waals surface area contributed by atoms with Gasteiger partial charge in [0.05, 0.1) is 18.6 Å². The molecular formula is C18H25ClO5. The van der Waals surface area contributed by atoms with Crippen LogP contribution in [0.2, 0.25) is 5.02 Å². The number of benzene rings is 1. The maximum atomic E-state index is 13.0. The fourth-order valence-electron chi connectivity index (χ4n) is 3.23. The molecule has 0 aliphatic heterocycles. The Morgan fingerprint density at radius 2 is 1.75 bits per heavy atom. The van der Waals surface area contributed by atoms with E-state index < -0.39 is 5.41 Å². The van der Waals surface area contributed by atoms with E-state index >= 15 is 0 Å². The number of carbonyl (C=O) groups is 1. The average molecular weight is 357 g/mol. The number of hydrogen-bond donors (Lipinski definition) is 0. The summed E-state index contributed by atoms with van der Waals surface area (Å²) in [6.45, 7) is 0.911. The number of carbonyl (C=O) groups excluding carboxylic acids is 1. The first kappa shape index (κ1) is 19.3. The molecule has 0 aromatic heterocycles. The lowest BCUT2D eigenvalue weighted by atomic mass is 9.84. The average Bonchev–Trinajstić information content (AvgIpc) is 2.88. The quantitative estimate of drug-likeness (QED) is 0.476. The molecule has 1 aliphatic rings. The Morgan fingerprint density at radius 1 is 1.12 bits per heavy atom. The van der Waals surface area contributed by atoms with E-state index in [1.807, 2.05) is 24.3 Å². The first-order valence-electron chi connectivity index (χ1n) is 8.04. The third kappa shape index (κ3) is 4.77. The van der Waals surface area contributed by atoms with Gasteiger partial charge in [-0.2, -0.15) is 0 Å². The van der Waals surface area contributed by atoms with E-state index in [0.717, 1.165) is 18.4 Å². The maximum absolute atomic E-state index is 13.0. The smallest absolute Gasteiger partial charge is 0.147 e. The molecule has 0 amide bonds. The van der Waals surface area contributed by atoms with Crippen molar-refractivity contribution in [1.82, 2.24) is 0 Å². The first-order chi connectivity index (χ1) is 11.6. The molecule has 6 heteroatoms. The third-order valence-electron chi connectivity index (χ3n) is 4.45. The molecule has 1 fully saturated rings. The minimum absolute atomic E-state index is 0.0674. The summed E-state index contributed by atoms with van der Waals surface area (Å²) in [5, 5.41) is 0.703. The highest BCUT2D eigenvalue weighted by Gasteiger charge is 2.48. The van der Waals surface area contributed by atoms with Gasteiger partial charge in [-0.3, -0.25) is 4.79 Å². The molecule has 0 bridgehead atoms. The molecule has 5 nitrogen and oxygen atoms in total. The van der Waals surface area contributed by atoms with Crippen LogP contribution in [-0.4, -0.2) is 46.8 Å². The molecule has 0 saturated heterocycles. The highest BCUT2D eigenvalue weighted by atomic mass is 35.5. The second-order valence-electron chi connectivity index (χ2n) is 6.19. The predicted molar refractivity (Wildman–Crippen MR) is 91.0 cm³/mol. The highest BCUT2D eigenvalue weighted by Crippen LogP contribution is 2.41. The molecule has 0 spiro atoms. The fraction of sp³-hybridized carbons (Fsp3) is 0.611. The van der Waals surface area contributed by atoms with Crippen molar-refractivity contribution in [2.75, 3.05) is 41.0 Å². The zero-order valence-electron chi connectivity index (χ0n) is 14.3. The molecule has 1 saturated carbocycles. The Kier molecular flexibility index (Phi) is 7.65. The zero-order valence-corrected chi connectivity index (χ0v) is 15.0. The number of ether oxygens (including phenoxy) is 4. The van der Waals surface area contributed by atoms with Gasteiger partial charge in [-0.15, -0.1) is 0 Å². The molecule has 1 aliphatic carbocycles. The third-order valence-corrected chi connectivity index (χ3v) is 4.82. The lowest BCUT2D eigenvalue weighted by molar-refractivity contribution is -0.146. The SMILES string of the molecule is COCOCC1(COCOC)CCC(Cc2ccccc2Cl)C1=O. The van der Waals surface area contributed by atoms with Crippen LogP contribution in [0.1, 0.15) is 18.4 Å². The molecule has 134 valence electrons. The largest absolute Gasteiger partial charge is 0.359 e. The molecule has 0 N–H and O–H groups in total. The van der Waals surface area contributed by atoms with Gasteiger partial charge in [0.15, 0.2) is 0 Å². The molecule has 0 heterocycles. The van der Waals surface area contributed by atoms with Crippen molar-refractivity contribution < 1.29 is 23.7 Å². The summed E-state index contributed by atoms with van der Waals surface area (Å²) in [5.74, 6) is 0.108. The van der Waals surface area contributed by atoms with E-state index in [9.17, 15) is 4.79 Å². The number of ketones is 1. The van der Waals surface area contributed by atoms with Crippen LogP contribution in [0, 0.1) is 11.3 Å². The topological polar surface area (TPSA) is 54.0 Å². The van der Waals surface area contributed by atoms with E-state index in [1.165, 1.54) is 0 Å². The standard InChI is InChI=1S/C18H25ClO5/c1-21-12-23-10-18(11-24-13-22-2)8-7-15(17(18)20)9-14-5-3-4-6-16(14)19/h3-6,15H,7-13H2,1-2H3. The van der Waals surface area contributed by atoms with Gasteiger partial charge in [0.25, 0.3) is 0 Å². The molecule has 0 radical (unpaired) electrons. The Hall–Kier alpha value is -0.980. The number of Topliss-reactive ketones (excluding diaryl/α,β-unsaturated/α-hetero) is 1. The molecule has 1 unspecified atom stereocenters. The van der Waals surface area contributed by atoms with Crippen molar-refractivity contribution >= 4 is 17.4 Å². The second-order valence-corrected chi connectivity index (χ2v) is 6.59. The Morgan fingerprint density at radius 3 is 2.33 bits per heavy atom. The fourth-order valence-corrected chi connectivity index (χ4v) is 3.44. The van der Waals surface area contributed by atoms with Crippen LogP contribution in [0.3, 0.4) is 0 Å². The van der Waals surface area contributed by atoms with E-state index in [4.69, 9.17) is 30.5 Å². The van der Waals surface area contributed by atoms with Crippen LogP contribution in [0.5, 0.6) is 0 Å². The van der Waals surface area contributed by atoms with Crippen LogP contribution in [0.15, 0.2) is 24.3 Å². The molecule has 1 atom stereocenters. The van der Waals surface area contributed by atoms with E-state index in [-0.39, 0.29) is 25.3 Å². The van der Waals surface area contributed by atoms with Crippen molar-refractivity contribution in [3.05, 3.63) is 34.9 Å². The van der Waals surface area contributed by atoms with Gasteiger partial charge >= 0.3 is 0 Å². The van der Waals surface area contributed by atoms with Crippen LogP contribution < -0.4 is 0 Å². The van der Waals surface area contributed by atoms with E-state index in [2.05, 4.69) is 0 Å². The number of rotatable bonds is 10. The molecule has 2 rings (SSSR count). The summed E-state index contributed by atoms with van der Waals surface area (Å²) in [5.41, 5.74) is 0.368. The summed E-state index contributed by atoms with van der Waals surface area (Å²) in [6.07, 6.45) is 2.18. The van der Waals surface area contributed by atoms with E-state index in [0.29, 0.717) is 24.7 Å². The number of methoxy groups -OCH3 is 2. The summed E-state index contributed by atoms with van der Waals surface area (Å²) < 4.78 is 20.9. The van der Waals surface area contributed by atoms with Crippen molar-refractivity contribution in [1.29, 1.82) is 0 Å². The van der Waals surface area contributed by atoms with Gasteiger partial charge in [-0.05, 0) is 30.9 Å². The Labute approximate surface area is 148 Å². The summed E-state index contributed by atoms with van der Waals surface area (Å²) in [4.78, 5) is 13.0. The molecule has 24 heavy (non-hydrogen) atoms. The maximum Gasteiger partial charge on any atom is 0.147 e. The lowest BCUT2D eigenvalue weighted by Crippen LogP contribution is -2.39. The highest BCUT2D eigenvalue weighted by molar-refractivity contribution is 6.31. The van der Waals surface area contributed by atoms with Crippen LogP contribution in [0.25, 0.3) is 0 Å². The Bertz CT molecular complexity index is 524. The van der Waals surface area contributed by atoms with Crippen LogP contribution >= 0.6 is 11.6 Å². The molecule has 1 aromatic carbocycles. The minimum Gasteiger partial charge on any atom is -0.359 e. The predicted octanol–water partition coefficient (Wildman–Crippen LogP) is 3.09. The van der Waals surface area contributed by atoms with Crippen molar-refractivity contribution in [2.24, 2.45) is 11.3 Å².